The van der Waals surface area contributed by atoms with Crippen LogP contribution >= 0.6 is 23.2 Å². The van der Waals surface area contributed by atoms with Crippen molar-refractivity contribution in [2.45, 2.75) is 58.5 Å². The first-order valence-corrected chi connectivity index (χ1v) is 13.6. The zero-order valence-electron chi connectivity index (χ0n) is 22.5. The number of hydrogen-bond donors (Lipinski definition) is 1. The van der Waals surface area contributed by atoms with Gasteiger partial charge in [0.05, 0.1) is 10.0 Å². The summed E-state index contributed by atoms with van der Waals surface area (Å²) in [6.45, 7) is 8.78. The highest BCUT2D eigenvalue weighted by Gasteiger charge is 2.31. The van der Waals surface area contributed by atoms with Crippen LogP contribution in [0.3, 0.4) is 0 Å². The fourth-order valence-corrected chi connectivity index (χ4v) is 4.51. The first-order chi connectivity index (χ1) is 18.1. The molecule has 0 aromatic heterocycles. The van der Waals surface area contributed by atoms with E-state index in [1.165, 1.54) is 0 Å². The Labute approximate surface area is 236 Å². The van der Waals surface area contributed by atoms with Crippen molar-refractivity contribution in [3.05, 3.63) is 99.5 Å². The lowest BCUT2D eigenvalue weighted by Gasteiger charge is -2.32. The number of para-hydroxylation sites is 1. The number of nitrogens with zero attached hydrogens (tertiary/aromatic N) is 1. The van der Waals surface area contributed by atoms with Crippen LogP contribution in [0, 0.1) is 0 Å². The van der Waals surface area contributed by atoms with Crippen molar-refractivity contribution in [3.63, 3.8) is 0 Å². The minimum absolute atomic E-state index is 0.157. The minimum Gasteiger partial charge on any atom is -0.483 e. The highest BCUT2D eigenvalue weighted by atomic mass is 35.5. The third-order valence-corrected chi connectivity index (χ3v) is 6.94. The number of ether oxygens (including phenoxy) is 1. The van der Waals surface area contributed by atoms with Crippen molar-refractivity contribution in [2.24, 2.45) is 0 Å². The lowest BCUT2D eigenvalue weighted by atomic mass is 9.86. The Morgan fingerprint density at radius 1 is 0.921 bits per heavy atom. The smallest absolute Gasteiger partial charge is 0.261 e. The van der Waals surface area contributed by atoms with E-state index in [0.717, 1.165) is 23.1 Å². The lowest BCUT2D eigenvalue weighted by Crippen LogP contribution is -2.51. The molecule has 0 heterocycles. The van der Waals surface area contributed by atoms with Gasteiger partial charge >= 0.3 is 0 Å². The van der Waals surface area contributed by atoms with Crippen molar-refractivity contribution in [1.82, 2.24) is 10.2 Å². The first kappa shape index (κ1) is 29.5. The van der Waals surface area contributed by atoms with Gasteiger partial charge in [0.15, 0.2) is 6.61 Å². The summed E-state index contributed by atoms with van der Waals surface area (Å²) < 4.78 is 6.08. The summed E-state index contributed by atoms with van der Waals surface area (Å²) >= 11 is 12.4. The molecule has 202 valence electrons. The van der Waals surface area contributed by atoms with Crippen LogP contribution in [0.25, 0.3) is 0 Å². The maximum Gasteiger partial charge on any atom is 0.261 e. The topological polar surface area (TPSA) is 58.6 Å². The van der Waals surface area contributed by atoms with E-state index in [1.807, 2.05) is 67.6 Å². The summed E-state index contributed by atoms with van der Waals surface area (Å²) in [6.07, 6.45) is 1.15. The Morgan fingerprint density at radius 2 is 1.61 bits per heavy atom. The van der Waals surface area contributed by atoms with E-state index < -0.39 is 6.04 Å². The van der Waals surface area contributed by atoms with E-state index in [9.17, 15) is 9.59 Å². The molecule has 0 saturated heterocycles. The van der Waals surface area contributed by atoms with Crippen LogP contribution in [-0.2, 0) is 28.0 Å². The van der Waals surface area contributed by atoms with Crippen LogP contribution in [0.1, 0.15) is 50.8 Å². The van der Waals surface area contributed by atoms with Crippen molar-refractivity contribution >= 4 is 35.0 Å². The summed E-state index contributed by atoms with van der Waals surface area (Å²) in [5, 5.41) is 3.79. The predicted molar refractivity (Wildman–Crippen MR) is 155 cm³/mol. The number of halogens is 2. The highest BCUT2D eigenvalue weighted by Crippen LogP contribution is 2.31. The Hall–Kier alpha value is -3.02. The molecule has 0 spiro atoms. The average Bonchev–Trinajstić information content (AvgIpc) is 2.90. The van der Waals surface area contributed by atoms with Crippen LogP contribution < -0.4 is 10.1 Å². The van der Waals surface area contributed by atoms with Gasteiger partial charge in [-0.2, -0.15) is 0 Å². The van der Waals surface area contributed by atoms with E-state index in [4.69, 9.17) is 27.9 Å². The molecule has 0 radical (unpaired) electrons. The zero-order chi connectivity index (χ0) is 27.7. The molecule has 2 amide bonds. The molecule has 1 atom stereocenters. The molecule has 0 aliphatic carbocycles. The van der Waals surface area contributed by atoms with Gasteiger partial charge in [-0.15, -0.1) is 0 Å². The molecule has 1 N–H and O–H groups in total. The molecule has 3 aromatic rings. The quantitative estimate of drug-likeness (QED) is 0.282. The number of amides is 2. The Balaban J connectivity index is 1.95. The number of carbonyl (C=O) groups is 2. The van der Waals surface area contributed by atoms with Gasteiger partial charge in [0.1, 0.15) is 11.8 Å². The molecule has 5 nitrogen and oxygen atoms in total. The van der Waals surface area contributed by atoms with Crippen molar-refractivity contribution in [3.8, 4) is 5.75 Å². The predicted octanol–water partition coefficient (Wildman–Crippen LogP) is 6.84. The minimum atomic E-state index is -0.743. The SMILES string of the molecule is CCCNC(=O)C(Cc1ccccc1)N(Cc1ccc(Cl)c(Cl)c1)C(=O)COc1ccccc1C(C)(C)C. The second-order valence-corrected chi connectivity index (χ2v) is 11.1. The molecule has 38 heavy (non-hydrogen) atoms. The monoisotopic (exact) mass is 554 g/mol. The number of rotatable bonds is 11. The molecule has 0 bridgehead atoms. The summed E-state index contributed by atoms with van der Waals surface area (Å²) in [6, 6.07) is 21.9. The van der Waals surface area contributed by atoms with Crippen LogP contribution in [0.2, 0.25) is 10.0 Å². The number of nitrogens with one attached hydrogen (secondary N) is 1. The van der Waals surface area contributed by atoms with Gasteiger partial charge in [-0.25, -0.2) is 0 Å². The highest BCUT2D eigenvalue weighted by molar-refractivity contribution is 6.42. The fourth-order valence-electron chi connectivity index (χ4n) is 4.19. The Kier molecular flexibility index (Phi) is 10.6. The third-order valence-electron chi connectivity index (χ3n) is 6.20. The zero-order valence-corrected chi connectivity index (χ0v) is 24.0. The van der Waals surface area contributed by atoms with Crippen molar-refractivity contribution in [1.29, 1.82) is 0 Å². The fraction of sp³-hybridized carbons (Fsp3) is 0.355. The molecule has 0 aliphatic rings. The van der Waals surface area contributed by atoms with Crippen LogP contribution in [-0.4, -0.2) is 35.9 Å². The van der Waals surface area contributed by atoms with Gasteiger partial charge in [-0.05, 0) is 46.7 Å². The Bertz CT molecular complexity index is 1230. The molecule has 0 aliphatic heterocycles. The number of carbonyl (C=O) groups excluding carboxylic acids is 2. The number of benzene rings is 3. The van der Waals surface area contributed by atoms with E-state index >= 15 is 0 Å². The van der Waals surface area contributed by atoms with Crippen molar-refractivity contribution < 1.29 is 14.3 Å². The van der Waals surface area contributed by atoms with Crippen LogP contribution in [0.5, 0.6) is 5.75 Å². The van der Waals surface area contributed by atoms with E-state index in [2.05, 4.69) is 26.1 Å². The number of hydrogen-bond acceptors (Lipinski definition) is 3. The molecule has 7 heteroatoms. The summed E-state index contributed by atoms with van der Waals surface area (Å²) in [4.78, 5) is 28.8. The van der Waals surface area contributed by atoms with E-state index in [1.54, 1.807) is 17.0 Å². The van der Waals surface area contributed by atoms with Crippen LogP contribution in [0.4, 0.5) is 0 Å². The summed E-state index contributed by atoms with van der Waals surface area (Å²) in [5.74, 6) is 0.143. The maximum atomic E-state index is 13.8. The van der Waals surface area contributed by atoms with E-state index in [-0.39, 0.29) is 30.4 Å². The second-order valence-electron chi connectivity index (χ2n) is 10.3. The van der Waals surface area contributed by atoms with Crippen LogP contribution in [0.15, 0.2) is 72.8 Å². The maximum absolute atomic E-state index is 13.8. The summed E-state index contributed by atoms with van der Waals surface area (Å²) in [7, 11) is 0. The Morgan fingerprint density at radius 3 is 2.26 bits per heavy atom. The summed E-state index contributed by atoms with van der Waals surface area (Å²) in [5.41, 5.74) is 2.57. The van der Waals surface area contributed by atoms with Gasteiger partial charge in [0.25, 0.3) is 5.91 Å². The average molecular weight is 556 g/mol. The van der Waals surface area contributed by atoms with Gasteiger partial charge in [0.2, 0.25) is 5.91 Å². The first-order valence-electron chi connectivity index (χ1n) is 12.9. The van der Waals surface area contributed by atoms with Crippen molar-refractivity contribution in [2.75, 3.05) is 13.2 Å². The molecule has 3 aromatic carbocycles. The molecule has 0 fully saturated rings. The van der Waals surface area contributed by atoms with Gasteiger partial charge in [0, 0.05) is 19.5 Å². The van der Waals surface area contributed by atoms with Gasteiger partial charge in [-0.3, -0.25) is 9.59 Å². The second kappa shape index (κ2) is 13.7. The molecular formula is C31H36Cl2N2O3. The normalized spacial score (nSPS) is 12.1. The van der Waals surface area contributed by atoms with Gasteiger partial charge < -0.3 is 15.0 Å². The van der Waals surface area contributed by atoms with E-state index in [0.29, 0.717) is 28.8 Å². The molecule has 0 saturated carbocycles. The largest absolute Gasteiger partial charge is 0.483 e. The molecule has 1 unspecified atom stereocenters. The third kappa shape index (κ3) is 8.24. The lowest BCUT2D eigenvalue weighted by molar-refractivity contribution is -0.142. The molecule has 3 rings (SSSR count). The molecular weight excluding hydrogens is 519 g/mol. The standard InChI is InChI=1S/C31H36Cl2N2O3/c1-5-17-34-30(37)27(19-22-11-7-6-8-12-22)35(20-23-15-16-25(32)26(33)18-23)29(36)21-38-28-14-10-9-13-24(28)31(2,3)4/h6-16,18,27H,5,17,19-21H2,1-4H3,(H,34,37). The van der Waals surface area contributed by atoms with Gasteiger partial charge in [-0.1, -0.05) is 105 Å².